The lowest BCUT2D eigenvalue weighted by Crippen LogP contribution is -2.55. The molecule has 2 atom stereocenters. The highest BCUT2D eigenvalue weighted by atomic mass is 15.3. The second-order valence-electron chi connectivity index (χ2n) is 5.47. The van der Waals surface area contributed by atoms with Crippen LogP contribution in [0.15, 0.2) is 18.3 Å². The minimum absolute atomic E-state index is 0.522. The van der Waals surface area contributed by atoms with Gasteiger partial charge in [-0.1, -0.05) is 0 Å². The van der Waals surface area contributed by atoms with Crippen LogP contribution in [0, 0.1) is 0 Å². The van der Waals surface area contributed by atoms with Crippen LogP contribution in [0.3, 0.4) is 0 Å². The zero-order valence-electron chi connectivity index (χ0n) is 11.0. The number of nitrogens with two attached hydrogens (primary N) is 1. The van der Waals surface area contributed by atoms with Gasteiger partial charge in [0.1, 0.15) is 0 Å². The Kier molecular flexibility index (Phi) is 3.22. The van der Waals surface area contributed by atoms with E-state index in [9.17, 15) is 0 Å². The topological polar surface area (TPSA) is 45.4 Å². The van der Waals surface area contributed by atoms with E-state index in [0.29, 0.717) is 12.6 Å². The molecular weight excluding hydrogens is 224 g/mol. The van der Waals surface area contributed by atoms with Crippen LogP contribution in [-0.4, -0.2) is 41.6 Å². The quantitative estimate of drug-likeness (QED) is 0.852. The van der Waals surface area contributed by atoms with Gasteiger partial charge in [0.2, 0.25) is 0 Å². The molecule has 98 valence electrons. The number of hydrogen-bond acceptors (Lipinski definition) is 4. The molecule has 4 nitrogen and oxygen atoms in total. The Labute approximate surface area is 109 Å². The minimum Gasteiger partial charge on any atom is -0.364 e. The van der Waals surface area contributed by atoms with Crippen molar-refractivity contribution in [3.05, 3.63) is 24.0 Å². The Balaban J connectivity index is 1.86. The van der Waals surface area contributed by atoms with Crippen LogP contribution < -0.4 is 10.6 Å². The van der Waals surface area contributed by atoms with Gasteiger partial charge in [0.05, 0.1) is 11.4 Å². The van der Waals surface area contributed by atoms with Gasteiger partial charge in [-0.25, -0.2) is 0 Å². The standard InChI is InChI=1S/C14H22N4/c1-11-9-17-7-3-4-12(17)10-18(11)14-5-2-6-16-13(14)8-15/h2,5-6,11-12H,3-4,7-10,15H2,1H3. The van der Waals surface area contributed by atoms with Gasteiger partial charge >= 0.3 is 0 Å². The van der Waals surface area contributed by atoms with E-state index in [2.05, 4.69) is 27.8 Å². The molecule has 2 aliphatic rings. The van der Waals surface area contributed by atoms with Crippen LogP contribution in [0.4, 0.5) is 5.69 Å². The number of nitrogens with zero attached hydrogens (tertiary/aromatic N) is 3. The lowest BCUT2D eigenvalue weighted by Gasteiger charge is -2.44. The smallest absolute Gasteiger partial charge is 0.0772 e. The van der Waals surface area contributed by atoms with Crippen molar-refractivity contribution in [2.24, 2.45) is 5.73 Å². The van der Waals surface area contributed by atoms with Gasteiger partial charge in [-0.2, -0.15) is 0 Å². The molecule has 4 heteroatoms. The fourth-order valence-corrected chi connectivity index (χ4v) is 3.37. The summed E-state index contributed by atoms with van der Waals surface area (Å²) < 4.78 is 0. The Morgan fingerprint density at radius 2 is 2.33 bits per heavy atom. The Hall–Kier alpha value is -1.13. The number of fused-ring (bicyclic) bond motifs is 1. The Morgan fingerprint density at radius 1 is 1.44 bits per heavy atom. The molecule has 2 N–H and O–H groups in total. The third-order valence-electron chi connectivity index (χ3n) is 4.31. The summed E-state index contributed by atoms with van der Waals surface area (Å²) in [6.45, 7) is 6.40. The van der Waals surface area contributed by atoms with E-state index in [-0.39, 0.29) is 0 Å². The summed E-state index contributed by atoms with van der Waals surface area (Å²) >= 11 is 0. The van der Waals surface area contributed by atoms with Crippen molar-refractivity contribution in [3.63, 3.8) is 0 Å². The zero-order chi connectivity index (χ0) is 12.5. The molecule has 3 rings (SSSR count). The van der Waals surface area contributed by atoms with E-state index >= 15 is 0 Å². The van der Waals surface area contributed by atoms with Crippen LogP contribution in [0.5, 0.6) is 0 Å². The molecule has 2 unspecified atom stereocenters. The van der Waals surface area contributed by atoms with Crippen molar-refractivity contribution in [1.82, 2.24) is 9.88 Å². The summed E-state index contributed by atoms with van der Waals surface area (Å²) in [7, 11) is 0. The van der Waals surface area contributed by atoms with Crippen LogP contribution in [-0.2, 0) is 6.54 Å². The monoisotopic (exact) mass is 246 g/mol. The predicted octanol–water partition coefficient (Wildman–Crippen LogP) is 1.21. The van der Waals surface area contributed by atoms with Gasteiger partial charge in [-0.3, -0.25) is 9.88 Å². The average Bonchev–Trinajstić information content (AvgIpc) is 2.84. The molecular formula is C14H22N4. The minimum atomic E-state index is 0.522. The molecule has 2 aliphatic heterocycles. The largest absolute Gasteiger partial charge is 0.364 e. The van der Waals surface area contributed by atoms with Gasteiger partial charge in [0.25, 0.3) is 0 Å². The SMILES string of the molecule is CC1CN2CCCC2CN1c1cccnc1CN. The number of rotatable bonds is 2. The van der Waals surface area contributed by atoms with Gasteiger partial charge in [-0.05, 0) is 38.4 Å². The molecule has 0 saturated carbocycles. The molecule has 0 bridgehead atoms. The first-order chi connectivity index (χ1) is 8.79. The second-order valence-corrected chi connectivity index (χ2v) is 5.47. The molecule has 1 aromatic rings. The van der Waals surface area contributed by atoms with Crippen molar-refractivity contribution in [1.29, 1.82) is 0 Å². The van der Waals surface area contributed by atoms with Crippen molar-refractivity contribution < 1.29 is 0 Å². The molecule has 0 aromatic carbocycles. The maximum Gasteiger partial charge on any atom is 0.0772 e. The maximum absolute atomic E-state index is 5.81. The lowest BCUT2D eigenvalue weighted by atomic mass is 10.1. The van der Waals surface area contributed by atoms with E-state index in [1.54, 1.807) is 0 Å². The van der Waals surface area contributed by atoms with Gasteiger partial charge in [-0.15, -0.1) is 0 Å². The van der Waals surface area contributed by atoms with E-state index in [1.165, 1.54) is 31.6 Å². The van der Waals surface area contributed by atoms with Crippen molar-refractivity contribution in [2.75, 3.05) is 24.5 Å². The van der Waals surface area contributed by atoms with Gasteiger partial charge in [0, 0.05) is 37.9 Å². The van der Waals surface area contributed by atoms with E-state index in [4.69, 9.17) is 5.73 Å². The molecule has 2 fully saturated rings. The van der Waals surface area contributed by atoms with Gasteiger partial charge in [0.15, 0.2) is 0 Å². The molecule has 0 spiro atoms. The van der Waals surface area contributed by atoms with E-state index in [0.717, 1.165) is 18.3 Å². The summed E-state index contributed by atoms with van der Waals surface area (Å²) in [5, 5.41) is 0. The molecule has 0 radical (unpaired) electrons. The van der Waals surface area contributed by atoms with Crippen LogP contribution in [0.25, 0.3) is 0 Å². The molecule has 3 heterocycles. The van der Waals surface area contributed by atoms with E-state index in [1.807, 2.05) is 12.3 Å². The summed E-state index contributed by atoms with van der Waals surface area (Å²) in [6.07, 6.45) is 4.52. The Bertz CT molecular complexity index is 420. The summed E-state index contributed by atoms with van der Waals surface area (Å²) in [4.78, 5) is 9.55. The summed E-state index contributed by atoms with van der Waals surface area (Å²) in [6, 6.07) is 5.46. The lowest BCUT2D eigenvalue weighted by molar-refractivity contribution is 0.202. The predicted molar refractivity (Wildman–Crippen MR) is 73.5 cm³/mol. The van der Waals surface area contributed by atoms with Crippen molar-refractivity contribution >= 4 is 5.69 Å². The summed E-state index contributed by atoms with van der Waals surface area (Å²) in [5.74, 6) is 0. The molecule has 18 heavy (non-hydrogen) atoms. The van der Waals surface area contributed by atoms with Crippen LogP contribution >= 0.6 is 0 Å². The molecule has 0 aliphatic carbocycles. The molecule has 2 saturated heterocycles. The number of pyridine rings is 1. The molecule has 1 aromatic heterocycles. The zero-order valence-corrected chi connectivity index (χ0v) is 11.0. The second kappa shape index (κ2) is 4.86. The fourth-order valence-electron chi connectivity index (χ4n) is 3.37. The fraction of sp³-hybridized carbons (Fsp3) is 0.643. The highest BCUT2D eigenvalue weighted by Crippen LogP contribution is 2.29. The third-order valence-corrected chi connectivity index (χ3v) is 4.31. The highest BCUT2D eigenvalue weighted by Gasteiger charge is 2.34. The van der Waals surface area contributed by atoms with Crippen LogP contribution in [0.2, 0.25) is 0 Å². The molecule has 0 amide bonds. The summed E-state index contributed by atoms with van der Waals surface area (Å²) in [5.41, 5.74) is 8.07. The van der Waals surface area contributed by atoms with Gasteiger partial charge < -0.3 is 10.6 Å². The van der Waals surface area contributed by atoms with Crippen LogP contribution in [0.1, 0.15) is 25.5 Å². The van der Waals surface area contributed by atoms with Crippen molar-refractivity contribution in [3.8, 4) is 0 Å². The van der Waals surface area contributed by atoms with E-state index < -0.39 is 0 Å². The number of piperazine rings is 1. The normalized spacial score (nSPS) is 28.4. The number of aromatic nitrogens is 1. The highest BCUT2D eigenvalue weighted by molar-refractivity contribution is 5.52. The average molecular weight is 246 g/mol. The van der Waals surface area contributed by atoms with Crippen molar-refractivity contribution in [2.45, 2.75) is 38.4 Å². The first-order valence-electron chi connectivity index (χ1n) is 6.94. The first-order valence-corrected chi connectivity index (χ1v) is 6.94. The first kappa shape index (κ1) is 11.9. The number of hydrogen-bond donors (Lipinski definition) is 1. The number of anilines is 1. The maximum atomic E-state index is 5.81. The third kappa shape index (κ3) is 1.99. The Morgan fingerprint density at radius 3 is 3.17 bits per heavy atom.